The van der Waals surface area contributed by atoms with E-state index in [1.165, 1.54) is 32.1 Å². The molecule has 2 N–H and O–H groups in total. The molecule has 1 aliphatic carbocycles. The van der Waals surface area contributed by atoms with Gasteiger partial charge in [-0.05, 0) is 24.5 Å². The highest BCUT2D eigenvalue weighted by Gasteiger charge is 2.16. The molecule has 4 heteroatoms. The lowest BCUT2D eigenvalue weighted by atomic mass is 9.88. The molecule has 0 amide bonds. The second-order valence-electron chi connectivity index (χ2n) is 4.74. The zero-order chi connectivity index (χ0) is 12.1. The van der Waals surface area contributed by atoms with E-state index in [1.807, 2.05) is 0 Å². The lowest BCUT2D eigenvalue weighted by molar-refractivity contribution is 0.351. The van der Waals surface area contributed by atoms with Gasteiger partial charge in [-0.25, -0.2) is 4.98 Å². The highest BCUT2D eigenvalue weighted by atomic mass is 32.2. The quantitative estimate of drug-likeness (QED) is 0.896. The number of anilines is 1. The second-order valence-corrected chi connectivity index (χ2v) is 6.23. The van der Waals surface area contributed by atoms with Crippen LogP contribution in [0.15, 0.2) is 23.4 Å². The normalized spacial score (nSPS) is 19.1. The van der Waals surface area contributed by atoms with Crippen molar-refractivity contribution in [2.24, 2.45) is 5.92 Å². The van der Waals surface area contributed by atoms with E-state index in [0.717, 1.165) is 12.3 Å². The Balaban J connectivity index is 1.87. The zero-order valence-corrected chi connectivity index (χ0v) is 10.9. The van der Waals surface area contributed by atoms with Gasteiger partial charge in [0.15, 0.2) is 0 Å². The molecule has 1 unspecified atom stereocenters. The molecule has 0 bridgehead atoms. The van der Waals surface area contributed by atoms with Crippen LogP contribution < -0.4 is 5.73 Å². The van der Waals surface area contributed by atoms with Crippen molar-refractivity contribution in [3.63, 3.8) is 0 Å². The molecule has 1 aromatic rings. The van der Waals surface area contributed by atoms with Crippen LogP contribution in [0.4, 0.5) is 5.69 Å². The number of nitrogens with two attached hydrogens (primary N) is 1. The first-order valence-electron chi connectivity index (χ1n) is 6.36. The minimum atomic E-state index is -1.03. The minimum Gasteiger partial charge on any atom is -0.396 e. The highest BCUT2D eigenvalue weighted by molar-refractivity contribution is 7.85. The van der Waals surface area contributed by atoms with E-state index in [0.29, 0.717) is 16.5 Å². The van der Waals surface area contributed by atoms with Gasteiger partial charge in [0, 0.05) is 11.9 Å². The predicted octanol–water partition coefficient (Wildman–Crippen LogP) is 2.74. The van der Waals surface area contributed by atoms with Crippen molar-refractivity contribution in [3.8, 4) is 0 Å². The van der Waals surface area contributed by atoms with Gasteiger partial charge in [0.25, 0.3) is 0 Å². The molecule has 3 nitrogen and oxygen atoms in total. The van der Waals surface area contributed by atoms with Gasteiger partial charge in [0.1, 0.15) is 5.03 Å². The van der Waals surface area contributed by atoms with Crippen molar-refractivity contribution in [1.29, 1.82) is 0 Å². The SMILES string of the molecule is Nc1cccnc1S(=O)CCC1CCCCC1. The third-order valence-corrected chi connectivity index (χ3v) is 4.83. The van der Waals surface area contributed by atoms with E-state index in [-0.39, 0.29) is 0 Å². The van der Waals surface area contributed by atoms with Crippen LogP contribution in [-0.4, -0.2) is 14.9 Å². The molecule has 0 aliphatic heterocycles. The van der Waals surface area contributed by atoms with Crippen LogP contribution in [0.3, 0.4) is 0 Å². The van der Waals surface area contributed by atoms with Gasteiger partial charge in [0.2, 0.25) is 0 Å². The third kappa shape index (κ3) is 3.53. The Morgan fingerprint density at radius 2 is 2.12 bits per heavy atom. The lowest BCUT2D eigenvalue weighted by Crippen LogP contribution is -2.11. The number of hydrogen-bond donors (Lipinski definition) is 1. The van der Waals surface area contributed by atoms with E-state index in [9.17, 15) is 4.21 Å². The summed E-state index contributed by atoms with van der Waals surface area (Å²) in [7, 11) is -1.03. The summed E-state index contributed by atoms with van der Waals surface area (Å²) in [6, 6.07) is 3.54. The summed E-state index contributed by atoms with van der Waals surface area (Å²) >= 11 is 0. The number of rotatable bonds is 4. The molecule has 0 aromatic carbocycles. The van der Waals surface area contributed by atoms with Crippen molar-refractivity contribution < 1.29 is 4.21 Å². The summed E-state index contributed by atoms with van der Waals surface area (Å²) in [6.45, 7) is 0. The molecule has 0 spiro atoms. The summed E-state index contributed by atoms with van der Waals surface area (Å²) in [5, 5.41) is 0.559. The van der Waals surface area contributed by atoms with Crippen LogP contribution in [0.5, 0.6) is 0 Å². The van der Waals surface area contributed by atoms with E-state index in [4.69, 9.17) is 5.73 Å². The van der Waals surface area contributed by atoms with E-state index in [1.54, 1.807) is 18.3 Å². The van der Waals surface area contributed by atoms with Gasteiger partial charge in [-0.15, -0.1) is 0 Å². The Bertz CT molecular complexity index is 389. The smallest absolute Gasteiger partial charge is 0.150 e. The van der Waals surface area contributed by atoms with E-state index >= 15 is 0 Å². The highest BCUT2D eigenvalue weighted by Crippen LogP contribution is 2.27. The van der Waals surface area contributed by atoms with Gasteiger partial charge < -0.3 is 5.73 Å². The molecule has 94 valence electrons. The third-order valence-electron chi connectivity index (χ3n) is 3.45. The predicted molar refractivity (Wildman–Crippen MR) is 71.1 cm³/mol. The van der Waals surface area contributed by atoms with Crippen molar-refractivity contribution in [3.05, 3.63) is 18.3 Å². The van der Waals surface area contributed by atoms with E-state index in [2.05, 4.69) is 4.98 Å². The molecule has 0 radical (unpaired) electrons. The van der Waals surface area contributed by atoms with Crippen molar-refractivity contribution in [2.75, 3.05) is 11.5 Å². The van der Waals surface area contributed by atoms with Crippen molar-refractivity contribution >= 4 is 16.5 Å². The molecule has 2 rings (SSSR count). The average Bonchev–Trinajstić information content (AvgIpc) is 2.38. The maximum atomic E-state index is 12.1. The Labute approximate surface area is 105 Å². The van der Waals surface area contributed by atoms with Crippen molar-refractivity contribution in [2.45, 2.75) is 43.6 Å². The summed E-state index contributed by atoms with van der Waals surface area (Å²) in [4.78, 5) is 4.12. The molecular weight excluding hydrogens is 232 g/mol. The zero-order valence-electron chi connectivity index (χ0n) is 10.1. The Morgan fingerprint density at radius 1 is 1.35 bits per heavy atom. The summed E-state index contributed by atoms with van der Waals surface area (Å²) in [5.41, 5.74) is 6.33. The Morgan fingerprint density at radius 3 is 2.82 bits per heavy atom. The van der Waals surface area contributed by atoms with Gasteiger partial charge in [-0.1, -0.05) is 32.1 Å². The van der Waals surface area contributed by atoms with E-state index < -0.39 is 10.8 Å². The van der Waals surface area contributed by atoms with Crippen LogP contribution >= 0.6 is 0 Å². The summed E-state index contributed by atoms with van der Waals surface area (Å²) in [5.74, 6) is 1.46. The summed E-state index contributed by atoms with van der Waals surface area (Å²) in [6.07, 6.45) is 9.34. The number of pyridine rings is 1. The Kier molecular flexibility index (Phi) is 4.54. The van der Waals surface area contributed by atoms with Crippen LogP contribution in [0.2, 0.25) is 0 Å². The second kappa shape index (κ2) is 6.15. The van der Waals surface area contributed by atoms with Gasteiger partial charge in [-0.3, -0.25) is 4.21 Å². The van der Waals surface area contributed by atoms with Crippen LogP contribution in [0.1, 0.15) is 38.5 Å². The van der Waals surface area contributed by atoms with Crippen molar-refractivity contribution in [1.82, 2.24) is 4.98 Å². The first kappa shape index (κ1) is 12.6. The monoisotopic (exact) mass is 252 g/mol. The van der Waals surface area contributed by atoms with Crippen LogP contribution in [0.25, 0.3) is 0 Å². The fraction of sp³-hybridized carbons (Fsp3) is 0.615. The topological polar surface area (TPSA) is 56.0 Å². The standard InChI is InChI=1S/C13H20N2OS/c14-12-7-4-9-15-13(12)17(16)10-8-11-5-2-1-3-6-11/h4,7,9,11H,1-3,5-6,8,10,14H2. The molecule has 1 heterocycles. The number of nitrogens with zero attached hydrogens (tertiary/aromatic N) is 1. The first-order chi connectivity index (χ1) is 8.27. The van der Waals surface area contributed by atoms with Gasteiger partial charge in [0.05, 0.1) is 16.5 Å². The van der Waals surface area contributed by atoms with Gasteiger partial charge in [-0.2, -0.15) is 0 Å². The molecule has 1 aromatic heterocycles. The maximum Gasteiger partial charge on any atom is 0.150 e. The largest absolute Gasteiger partial charge is 0.396 e. The maximum absolute atomic E-state index is 12.1. The van der Waals surface area contributed by atoms with Gasteiger partial charge >= 0.3 is 0 Å². The molecule has 1 fully saturated rings. The average molecular weight is 252 g/mol. The molecule has 17 heavy (non-hydrogen) atoms. The fourth-order valence-corrected chi connectivity index (χ4v) is 3.69. The lowest BCUT2D eigenvalue weighted by Gasteiger charge is -2.20. The van der Waals surface area contributed by atoms with Crippen LogP contribution in [0, 0.1) is 5.92 Å². The minimum absolute atomic E-state index is 0.550. The molecular formula is C13H20N2OS. The molecule has 1 aliphatic rings. The molecule has 1 atom stereocenters. The summed E-state index contributed by atoms with van der Waals surface area (Å²) < 4.78 is 12.1. The molecule has 1 saturated carbocycles. The number of nitrogen functional groups attached to an aromatic ring is 1. The molecule has 0 saturated heterocycles. The first-order valence-corrected chi connectivity index (χ1v) is 7.68. The fourth-order valence-electron chi connectivity index (χ4n) is 2.44. The number of hydrogen-bond acceptors (Lipinski definition) is 3. The van der Waals surface area contributed by atoms with Crippen LogP contribution in [-0.2, 0) is 10.8 Å². The Hall–Kier alpha value is -0.900. The number of aromatic nitrogens is 1.